The fourth-order valence-electron chi connectivity index (χ4n) is 1.65. The lowest BCUT2D eigenvalue weighted by atomic mass is 10.1. The first kappa shape index (κ1) is 9.41. The highest BCUT2D eigenvalue weighted by Gasteiger charge is 2.23. The van der Waals surface area contributed by atoms with E-state index in [9.17, 15) is 0 Å². The Morgan fingerprint density at radius 3 is 3.06 bits per heavy atom. The van der Waals surface area contributed by atoms with Gasteiger partial charge in [0.15, 0.2) is 5.82 Å². The third kappa shape index (κ3) is 1.67. The fourth-order valence-corrected chi connectivity index (χ4v) is 1.65. The van der Waals surface area contributed by atoms with Gasteiger partial charge in [0.05, 0.1) is 12.8 Å². The molecule has 16 heavy (non-hydrogen) atoms. The van der Waals surface area contributed by atoms with E-state index in [1.165, 1.54) is 0 Å². The topological polar surface area (TPSA) is 73.9 Å². The van der Waals surface area contributed by atoms with Crippen LogP contribution in [0.1, 0.15) is 18.2 Å². The molecule has 3 rings (SSSR count). The van der Waals surface area contributed by atoms with Crippen LogP contribution in [0, 0.1) is 0 Å². The van der Waals surface area contributed by atoms with Crippen molar-refractivity contribution in [2.45, 2.75) is 12.3 Å². The molecule has 1 saturated heterocycles. The van der Waals surface area contributed by atoms with Crippen LogP contribution in [-0.2, 0) is 4.74 Å². The number of aromatic nitrogens is 4. The van der Waals surface area contributed by atoms with Crippen molar-refractivity contribution < 1.29 is 9.26 Å². The van der Waals surface area contributed by atoms with Gasteiger partial charge in [0.1, 0.15) is 5.69 Å². The molecule has 3 heterocycles. The molecule has 2 aromatic rings. The molecule has 1 atom stereocenters. The summed E-state index contributed by atoms with van der Waals surface area (Å²) in [5.41, 5.74) is 0.597. The number of rotatable bonds is 2. The average Bonchev–Trinajstić information content (AvgIpc) is 3.01. The lowest BCUT2D eigenvalue weighted by Gasteiger charge is -1.97. The quantitative estimate of drug-likeness (QED) is 0.749. The zero-order valence-electron chi connectivity index (χ0n) is 8.54. The predicted octanol–water partition coefficient (Wildman–Crippen LogP) is 1.03. The van der Waals surface area contributed by atoms with Crippen LogP contribution in [-0.4, -0.2) is 33.3 Å². The molecule has 1 aliphatic rings. The van der Waals surface area contributed by atoms with Crippen LogP contribution >= 0.6 is 0 Å². The van der Waals surface area contributed by atoms with Crippen LogP contribution in [0.3, 0.4) is 0 Å². The van der Waals surface area contributed by atoms with Crippen molar-refractivity contribution in [3.05, 3.63) is 24.4 Å². The molecule has 0 radical (unpaired) electrons. The molecule has 82 valence electrons. The van der Waals surface area contributed by atoms with E-state index in [4.69, 9.17) is 9.26 Å². The van der Waals surface area contributed by atoms with E-state index in [2.05, 4.69) is 20.1 Å². The highest BCUT2D eigenvalue weighted by molar-refractivity contribution is 5.43. The van der Waals surface area contributed by atoms with Crippen LogP contribution in [0.5, 0.6) is 0 Å². The molecule has 0 N–H and O–H groups in total. The Bertz CT molecular complexity index is 465. The Morgan fingerprint density at radius 2 is 2.31 bits per heavy atom. The summed E-state index contributed by atoms with van der Waals surface area (Å²) in [5, 5.41) is 3.94. The molecule has 0 amide bonds. The van der Waals surface area contributed by atoms with Crippen molar-refractivity contribution in [3.8, 4) is 11.6 Å². The highest BCUT2D eigenvalue weighted by Crippen LogP contribution is 2.24. The summed E-state index contributed by atoms with van der Waals surface area (Å²) in [6, 6.07) is 0. The van der Waals surface area contributed by atoms with Crippen LogP contribution in [0.15, 0.2) is 23.1 Å². The van der Waals surface area contributed by atoms with Gasteiger partial charge in [0.2, 0.25) is 0 Å². The Balaban J connectivity index is 1.87. The summed E-state index contributed by atoms with van der Waals surface area (Å²) in [5.74, 6) is 1.35. The highest BCUT2D eigenvalue weighted by atomic mass is 16.5. The van der Waals surface area contributed by atoms with Gasteiger partial charge in [-0.3, -0.25) is 4.98 Å². The van der Waals surface area contributed by atoms with Gasteiger partial charge < -0.3 is 9.26 Å². The number of ether oxygens (including phenoxy) is 1. The Labute approximate surface area is 91.7 Å². The second-order valence-electron chi connectivity index (χ2n) is 3.61. The second kappa shape index (κ2) is 3.97. The van der Waals surface area contributed by atoms with Gasteiger partial charge in [-0.2, -0.15) is 4.98 Å². The molecule has 6 heteroatoms. The molecule has 0 spiro atoms. The number of nitrogens with zero attached hydrogens (tertiary/aromatic N) is 4. The van der Waals surface area contributed by atoms with E-state index in [0.717, 1.165) is 13.0 Å². The second-order valence-corrected chi connectivity index (χ2v) is 3.61. The summed E-state index contributed by atoms with van der Waals surface area (Å²) < 4.78 is 10.4. The SMILES string of the molecule is c1cnc(-c2nc([C@@H]3CCOC3)no2)cn1. The zero-order valence-corrected chi connectivity index (χ0v) is 8.54. The Morgan fingerprint density at radius 1 is 1.31 bits per heavy atom. The monoisotopic (exact) mass is 218 g/mol. The van der Waals surface area contributed by atoms with Crippen molar-refractivity contribution in [2.24, 2.45) is 0 Å². The number of hydrogen-bond acceptors (Lipinski definition) is 6. The van der Waals surface area contributed by atoms with Crippen molar-refractivity contribution >= 4 is 0 Å². The summed E-state index contributed by atoms with van der Waals surface area (Å²) >= 11 is 0. The third-order valence-corrected chi connectivity index (χ3v) is 2.52. The lowest BCUT2D eigenvalue weighted by Crippen LogP contribution is -1.99. The maximum Gasteiger partial charge on any atom is 0.278 e. The molecule has 2 aromatic heterocycles. The van der Waals surface area contributed by atoms with E-state index in [-0.39, 0.29) is 5.92 Å². The maximum atomic E-state index is 5.28. The minimum atomic E-state index is 0.245. The van der Waals surface area contributed by atoms with Gasteiger partial charge in [0.25, 0.3) is 5.89 Å². The smallest absolute Gasteiger partial charge is 0.278 e. The summed E-state index contributed by atoms with van der Waals surface area (Å²) in [4.78, 5) is 12.4. The molecule has 0 aromatic carbocycles. The molecular formula is C10H10N4O2. The fraction of sp³-hybridized carbons (Fsp3) is 0.400. The first-order valence-electron chi connectivity index (χ1n) is 5.11. The summed E-state index contributed by atoms with van der Waals surface area (Å²) in [6.07, 6.45) is 5.74. The van der Waals surface area contributed by atoms with Crippen molar-refractivity contribution in [1.82, 2.24) is 20.1 Å². The van der Waals surface area contributed by atoms with Gasteiger partial charge in [0, 0.05) is 24.9 Å². The molecule has 0 unspecified atom stereocenters. The van der Waals surface area contributed by atoms with E-state index in [1.807, 2.05) is 0 Å². The van der Waals surface area contributed by atoms with Crippen LogP contribution in [0.2, 0.25) is 0 Å². The van der Waals surface area contributed by atoms with Crippen molar-refractivity contribution in [3.63, 3.8) is 0 Å². The van der Waals surface area contributed by atoms with Crippen molar-refractivity contribution in [2.75, 3.05) is 13.2 Å². The van der Waals surface area contributed by atoms with E-state index in [1.54, 1.807) is 18.6 Å². The van der Waals surface area contributed by atoms with E-state index >= 15 is 0 Å². The zero-order chi connectivity index (χ0) is 10.8. The molecule has 0 aliphatic carbocycles. The van der Waals surface area contributed by atoms with E-state index in [0.29, 0.717) is 24.0 Å². The average molecular weight is 218 g/mol. The van der Waals surface area contributed by atoms with Gasteiger partial charge in [-0.1, -0.05) is 5.16 Å². The van der Waals surface area contributed by atoms with Crippen LogP contribution in [0.25, 0.3) is 11.6 Å². The minimum Gasteiger partial charge on any atom is -0.381 e. The molecule has 0 saturated carbocycles. The molecule has 1 fully saturated rings. The largest absolute Gasteiger partial charge is 0.381 e. The molecule has 6 nitrogen and oxygen atoms in total. The van der Waals surface area contributed by atoms with Gasteiger partial charge in [-0.05, 0) is 6.42 Å². The van der Waals surface area contributed by atoms with Crippen LogP contribution in [0.4, 0.5) is 0 Å². The summed E-state index contributed by atoms with van der Waals surface area (Å²) in [7, 11) is 0. The molecule has 0 bridgehead atoms. The van der Waals surface area contributed by atoms with Gasteiger partial charge in [-0.25, -0.2) is 4.98 Å². The first-order chi connectivity index (χ1) is 7.93. The minimum absolute atomic E-state index is 0.245. The number of hydrogen-bond donors (Lipinski definition) is 0. The third-order valence-electron chi connectivity index (χ3n) is 2.52. The lowest BCUT2D eigenvalue weighted by molar-refractivity contribution is 0.192. The van der Waals surface area contributed by atoms with Gasteiger partial charge in [-0.15, -0.1) is 0 Å². The molecular weight excluding hydrogens is 208 g/mol. The van der Waals surface area contributed by atoms with Gasteiger partial charge >= 0.3 is 0 Å². The van der Waals surface area contributed by atoms with Crippen LogP contribution < -0.4 is 0 Å². The predicted molar refractivity (Wildman–Crippen MR) is 53.5 cm³/mol. The van der Waals surface area contributed by atoms with E-state index < -0.39 is 0 Å². The molecule has 1 aliphatic heterocycles. The Hall–Kier alpha value is -1.82. The maximum absolute atomic E-state index is 5.28. The summed E-state index contributed by atoms with van der Waals surface area (Å²) in [6.45, 7) is 1.43. The van der Waals surface area contributed by atoms with Crippen molar-refractivity contribution in [1.29, 1.82) is 0 Å². The normalized spacial score (nSPS) is 20.1. The standard InChI is InChI=1S/C10H10N4O2/c1-4-15-6-7(1)9-13-10(16-14-9)8-5-11-2-3-12-8/h2-3,5,7H,1,4,6H2/t7-/m1/s1. The first-order valence-corrected chi connectivity index (χ1v) is 5.11. The Kier molecular flexibility index (Phi) is 2.34.